The molecule has 5 nitrogen and oxygen atoms in total. The van der Waals surface area contributed by atoms with Crippen LogP contribution in [0.5, 0.6) is 0 Å². The third kappa shape index (κ3) is 4.59. The summed E-state index contributed by atoms with van der Waals surface area (Å²) < 4.78 is 13.1. The van der Waals surface area contributed by atoms with Gasteiger partial charge in [-0.2, -0.15) is 0 Å². The molecule has 2 aromatic rings. The Morgan fingerprint density at radius 2 is 1.47 bits per heavy atom. The monoisotopic (exact) mass is 410 g/mol. The highest BCUT2D eigenvalue weighted by atomic mass is 19.1. The summed E-state index contributed by atoms with van der Waals surface area (Å²) in [5.74, 6) is -0.000775. The Kier molecular flexibility index (Phi) is 6.23. The fraction of sp³-hybridized carbons (Fsp3) is 0.458. The molecule has 0 atom stereocenters. The van der Waals surface area contributed by atoms with Crippen molar-refractivity contribution >= 4 is 17.3 Å². The van der Waals surface area contributed by atoms with Gasteiger partial charge >= 0.3 is 0 Å². The predicted octanol–water partition coefficient (Wildman–Crippen LogP) is 2.91. The zero-order valence-electron chi connectivity index (χ0n) is 18.0. The third-order valence-electron chi connectivity index (χ3n) is 6.47. The van der Waals surface area contributed by atoms with Gasteiger partial charge in [0.15, 0.2) is 0 Å². The highest BCUT2D eigenvalue weighted by Crippen LogP contribution is 2.24. The zero-order valence-corrected chi connectivity index (χ0v) is 18.0. The average Bonchev–Trinajstić information content (AvgIpc) is 2.77. The fourth-order valence-electron chi connectivity index (χ4n) is 4.38. The second-order valence-electron chi connectivity index (χ2n) is 8.33. The minimum Gasteiger partial charge on any atom is -0.369 e. The molecule has 2 heterocycles. The van der Waals surface area contributed by atoms with Gasteiger partial charge in [-0.3, -0.25) is 9.69 Å². The lowest BCUT2D eigenvalue weighted by molar-refractivity contribution is -0.132. The molecule has 6 heteroatoms. The van der Waals surface area contributed by atoms with Crippen molar-refractivity contribution in [3.05, 3.63) is 59.4 Å². The Bertz CT molecular complexity index is 869. The van der Waals surface area contributed by atoms with Crippen LogP contribution in [0.4, 0.5) is 15.8 Å². The molecule has 0 spiro atoms. The minimum absolute atomic E-state index is 0.217. The third-order valence-corrected chi connectivity index (χ3v) is 6.47. The zero-order chi connectivity index (χ0) is 21.1. The number of nitrogens with zero attached hydrogens (tertiary/aromatic N) is 4. The summed E-state index contributed by atoms with van der Waals surface area (Å²) in [4.78, 5) is 21.7. The molecule has 160 valence electrons. The smallest absolute Gasteiger partial charge is 0.236 e. The van der Waals surface area contributed by atoms with Gasteiger partial charge in [0.05, 0.1) is 6.54 Å². The Hall–Kier alpha value is -2.60. The van der Waals surface area contributed by atoms with E-state index < -0.39 is 0 Å². The van der Waals surface area contributed by atoms with Crippen molar-refractivity contribution in [1.29, 1.82) is 0 Å². The highest BCUT2D eigenvalue weighted by molar-refractivity contribution is 5.78. The number of hydrogen-bond acceptors (Lipinski definition) is 4. The van der Waals surface area contributed by atoms with Gasteiger partial charge in [0.25, 0.3) is 0 Å². The molecule has 2 fully saturated rings. The number of anilines is 2. The van der Waals surface area contributed by atoms with Crippen LogP contribution in [0.15, 0.2) is 42.5 Å². The van der Waals surface area contributed by atoms with Crippen LogP contribution in [-0.4, -0.2) is 74.6 Å². The van der Waals surface area contributed by atoms with Crippen LogP contribution >= 0.6 is 0 Å². The number of halogens is 1. The summed E-state index contributed by atoms with van der Waals surface area (Å²) in [6, 6.07) is 13.1. The second-order valence-corrected chi connectivity index (χ2v) is 8.33. The van der Waals surface area contributed by atoms with E-state index in [1.165, 1.54) is 28.9 Å². The SMILES string of the molecule is Cc1cccc(N2CCN(CC(=O)N3CCN(c4ccc(F)cc4)CC3)CC2)c1C. The van der Waals surface area contributed by atoms with E-state index in [2.05, 4.69) is 46.7 Å². The minimum atomic E-state index is -0.217. The van der Waals surface area contributed by atoms with Crippen molar-refractivity contribution in [2.24, 2.45) is 0 Å². The summed E-state index contributed by atoms with van der Waals surface area (Å²) in [7, 11) is 0. The van der Waals surface area contributed by atoms with Crippen molar-refractivity contribution in [2.75, 3.05) is 68.7 Å². The molecule has 1 amide bonds. The second kappa shape index (κ2) is 9.04. The van der Waals surface area contributed by atoms with E-state index in [-0.39, 0.29) is 11.7 Å². The van der Waals surface area contributed by atoms with Gasteiger partial charge < -0.3 is 14.7 Å². The van der Waals surface area contributed by atoms with Crippen LogP contribution in [0.1, 0.15) is 11.1 Å². The van der Waals surface area contributed by atoms with Gasteiger partial charge in [-0.05, 0) is 55.3 Å². The Balaban J connectivity index is 1.24. The maximum Gasteiger partial charge on any atom is 0.236 e. The Morgan fingerprint density at radius 3 is 2.13 bits per heavy atom. The van der Waals surface area contributed by atoms with E-state index in [0.29, 0.717) is 6.54 Å². The highest BCUT2D eigenvalue weighted by Gasteiger charge is 2.25. The molecule has 0 saturated carbocycles. The van der Waals surface area contributed by atoms with E-state index >= 15 is 0 Å². The standard InChI is InChI=1S/C24H31FN4O/c1-19-4-3-5-23(20(19)2)28-12-10-26(11-13-28)18-24(30)29-16-14-27(15-17-29)22-8-6-21(25)7-9-22/h3-9H,10-18H2,1-2H3. The van der Waals surface area contributed by atoms with Crippen molar-refractivity contribution < 1.29 is 9.18 Å². The predicted molar refractivity (Wildman–Crippen MR) is 120 cm³/mol. The molecule has 0 unspecified atom stereocenters. The molecule has 4 rings (SSSR count). The number of aryl methyl sites for hydroxylation is 1. The lowest BCUT2D eigenvalue weighted by atomic mass is 10.1. The molecule has 2 aliphatic heterocycles. The number of carbonyl (C=O) groups excluding carboxylic acids is 1. The first-order chi connectivity index (χ1) is 14.5. The summed E-state index contributed by atoms with van der Waals surface area (Å²) in [5, 5.41) is 0. The number of hydrogen-bond donors (Lipinski definition) is 0. The molecule has 0 radical (unpaired) electrons. The molecule has 0 bridgehead atoms. The first-order valence-corrected chi connectivity index (χ1v) is 10.8. The quantitative estimate of drug-likeness (QED) is 0.775. The average molecular weight is 411 g/mol. The Labute approximate surface area is 178 Å². The van der Waals surface area contributed by atoms with E-state index in [9.17, 15) is 9.18 Å². The van der Waals surface area contributed by atoms with Crippen molar-refractivity contribution in [3.8, 4) is 0 Å². The summed E-state index contributed by atoms with van der Waals surface area (Å²) in [6.07, 6.45) is 0. The van der Waals surface area contributed by atoms with E-state index in [1.807, 2.05) is 17.0 Å². The molecule has 2 saturated heterocycles. The molecule has 30 heavy (non-hydrogen) atoms. The first kappa shape index (κ1) is 20.7. The van der Waals surface area contributed by atoms with Crippen LogP contribution in [-0.2, 0) is 4.79 Å². The van der Waals surface area contributed by atoms with E-state index in [4.69, 9.17) is 0 Å². The van der Waals surface area contributed by atoms with Gasteiger partial charge in [-0.15, -0.1) is 0 Å². The van der Waals surface area contributed by atoms with Gasteiger partial charge in [-0.25, -0.2) is 4.39 Å². The first-order valence-electron chi connectivity index (χ1n) is 10.8. The number of carbonyl (C=O) groups is 1. The van der Waals surface area contributed by atoms with Crippen LogP contribution < -0.4 is 9.80 Å². The lowest BCUT2D eigenvalue weighted by Crippen LogP contribution is -2.54. The van der Waals surface area contributed by atoms with Gasteiger partial charge in [0, 0.05) is 63.7 Å². The normalized spacial score (nSPS) is 18.0. The van der Waals surface area contributed by atoms with Gasteiger partial charge in [0.2, 0.25) is 5.91 Å². The van der Waals surface area contributed by atoms with Crippen molar-refractivity contribution in [3.63, 3.8) is 0 Å². The maximum atomic E-state index is 13.1. The number of piperazine rings is 2. The molecule has 0 aromatic heterocycles. The summed E-state index contributed by atoms with van der Waals surface area (Å²) in [5.41, 5.74) is 5.01. The molecule has 0 N–H and O–H groups in total. The fourth-order valence-corrected chi connectivity index (χ4v) is 4.38. The topological polar surface area (TPSA) is 30.0 Å². The lowest BCUT2D eigenvalue weighted by Gasteiger charge is -2.39. The van der Waals surface area contributed by atoms with E-state index in [1.54, 1.807) is 0 Å². The van der Waals surface area contributed by atoms with Gasteiger partial charge in [0.1, 0.15) is 5.82 Å². The molecule has 2 aliphatic rings. The van der Waals surface area contributed by atoms with Crippen LogP contribution in [0.25, 0.3) is 0 Å². The van der Waals surface area contributed by atoms with Crippen LogP contribution in [0.2, 0.25) is 0 Å². The molecular weight excluding hydrogens is 379 g/mol. The summed E-state index contributed by atoms with van der Waals surface area (Å²) >= 11 is 0. The van der Waals surface area contributed by atoms with Gasteiger partial charge in [-0.1, -0.05) is 12.1 Å². The van der Waals surface area contributed by atoms with Crippen molar-refractivity contribution in [2.45, 2.75) is 13.8 Å². The largest absolute Gasteiger partial charge is 0.369 e. The number of rotatable bonds is 4. The maximum absolute atomic E-state index is 13.1. The number of amides is 1. The Morgan fingerprint density at radius 1 is 0.833 bits per heavy atom. The summed E-state index contributed by atoms with van der Waals surface area (Å²) in [6.45, 7) is 11.6. The van der Waals surface area contributed by atoms with Crippen LogP contribution in [0.3, 0.4) is 0 Å². The van der Waals surface area contributed by atoms with E-state index in [0.717, 1.165) is 58.0 Å². The van der Waals surface area contributed by atoms with Crippen LogP contribution in [0, 0.1) is 19.7 Å². The molecule has 2 aromatic carbocycles. The molecule has 0 aliphatic carbocycles. The number of benzene rings is 2. The van der Waals surface area contributed by atoms with Crippen molar-refractivity contribution in [1.82, 2.24) is 9.80 Å². The molecular formula is C24H31FN4O.